The van der Waals surface area contributed by atoms with Crippen molar-refractivity contribution in [3.8, 4) is 11.5 Å². The molecule has 186 valence electrons. The van der Waals surface area contributed by atoms with E-state index < -0.39 is 36.2 Å². The fraction of sp³-hybridized carbons (Fsp3) is 0.304. The average Bonchev–Trinajstić information content (AvgIpc) is 3.22. The summed E-state index contributed by atoms with van der Waals surface area (Å²) in [6.07, 6.45) is -0.159. The molecule has 2 aromatic carbocycles. The van der Waals surface area contributed by atoms with Crippen LogP contribution in [0, 0.1) is 12.8 Å². The van der Waals surface area contributed by atoms with Crippen molar-refractivity contribution in [3.05, 3.63) is 51.0 Å². The maximum Gasteiger partial charge on any atom is 0.311 e. The number of carbonyl (C=O) groups is 4. The molecule has 1 heterocycles. The van der Waals surface area contributed by atoms with Gasteiger partial charge in [-0.25, -0.2) is 0 Å². The van der Waals surface area contributed by atoms with Crippen LogP contribution in [0.3, 0.4) is 0 Å². The standard InChI is InChI=1S/C23H23BrClN3O7/c1-12-16(6-5-15(24)21(12)25)26-19(29)11-35-23(32)14-9-20(30)28(10-14)27-22(31)13-4-7-17(33-2)18(8-13)34-3/h4-8,14H,9-11H2,1-3H3,(H,26,29)(H,27,31)/t14-/m0/s1. The molecule has 1 atom stereocenters. The van der Waals surface area contributed by atoms with Crippen LogP contribution in [0.15, 0.2) is 34.8 Å². The highest BCUT2D eigenvalue weighted by molar-refractivity contribution is 9.10. The van der Waals surface area contributed by atoms with E-state index in [4.69, 9.17) is 25.8 Å². The van der Waals surface area contributed by atoms with Crippen LogP contribution in [0.2, 0.25) is 5.02 Å². The number of amides is 3. The van der Waals surface area contributed by atoms with Gasteiger partial charge in [0, 0.05) is 22.1 Å². The SMILES string of the molecule is COc1ccc(C(=O)NN2C[C@@H](C(=O)OCC(=O)Nc3ccc(Br)c(Cl)c3C)CC2=O)cc1OC. The lowest BCUT2D eigenvalue weighted by molar-refractivity contribution is -0.151. The number of nitrogens with one attached hydrogen (secondary N) is 2. The highest BCUT2D eigenvalue weighted by Gasteiger charge is 2.37. The van der Waals surface area contributed by atoms with Gasteiger partial charge in [-0.2, -0.15) is 0 Å². The summed E-state index contributed by atoms with van der Waals surface area (Å²) in [6.45, 7) is 1.12. The van der Waals surface area contributed by atoms with E-state index in [0.29, 0.717) is 32.2 Å². The van der Waals surface area contributed by atoms with Gasteiger partial charge in [0.05, 0.1) is 31.7 Å². The Balaban J connectivity index is 1.53. The fourth-order valence-electron chi connectivity index (χ4n) is 3.37. The van der Waals surface area contributed by atoms with E-state index in [1.807, 2.05) is 0 Å². The minimum absolute atomic E-state index is 0.0836. The maximum absolute atomic E-state index is 12.6. The molecule has 0 bridgehead atoms. The van der Waals surface area contributed by atoms with E-state index in [-0.39, 0.29) is 18.5 Å². The molecule has 1 saturated heterocycles. The van der Waals surface area contributed by atoms with Crippen LogP contribution in [0.5, 0.6) is 11.5 Å². The molecule has 0 aromatic heterocycles. The minimum Gasteiger partial charge on any atom is -0.493 e. The Hall–Kier alpha value is -3.31. The second kappa shape index (κ2) is 11.4. The molecular weight excluding hydrogens is 546 g/mol. The summed E-state index contributed by atoms with van der Waals surface area (Å²) in [4.78, 5) is 49.5. The van der Waals surface area contributed by atoms with Crippen molar-refractivity contribution in [1.82, 2.24) is 10.4 Å². The van der Waals surface area contributed by atoms with Crippen LogP contribution in [-0.4, -0.2) is 56.1 Å². The zero-order valence-corrected chi connectivity index (χ0v) is 21.5. The van der Waals surface area contributed by atoms with Gasteiger partial charge in [0.25, 0.3) is 11.8 Å². The Morgan fingerprint density at radius 1 is 1.14 bits per heavy atom. The lowest BCUT2D eigenvalue weighted by Crippen LogP contribution is -2.43. The van der Waals surface area contributed by atoms with Gasteiger partial charge in [-0.3, -0.25) is 29.6 Å². The molecule has 3 rings (SSSR count). The monoisotopic (exact) mass is 567 g/mol. The second-order valence-electron chi connectivity index (χ2n) is 7.61. The van der Waals surface area contributed by atoms with E-state index in [0.717, 1.165) is 5.01 Å². The van der Waals surface area contributed by atoms with Crippen molar-refractivity contribution in [2.75, 3.05) is 32.7 Å². The second-order valence-corrected chi connectivity index (χ2v) is 8.84. The van der Waals surface area contributed by atoms with Crippen molar-refractivity contribution in [3.63, 3.8) is 0 Å². The Kier molecular flexibility index (Phi) is 8.57. The zero-order chi connectivity index (χ0) is 25.7. The molecule has 35 heavy (non-hydrogen) atoms. The van der Waals surface area contributed by atoms with Gasteiger partial charge < -0.3 is 19.5 Å². The molecule has 0 aliphatic carbocycles. The van der Waals surface area contributed by atoms with Gasteiger partial charge in [0.2, 0.25) is 5.91 Å². The number of nitrogens with zero attached hydrogens (tertiary/aromatic N) is 1. The van der Waals surface area contributed by atoms with Crippen LogP contribution < -0.4 is 20.2 Å². The van der Waals surface area contributed by atoms with Crippen LogP contribution in [-0.2, 0) is 19.1 Å². The van der Waals surface area contributed by atoms with Gasteiger partial charge in [-0.05, 0) is 58.7 Å². The van der Waals surface area contributed by atoms with Crippen molar-refractivity contribution in [1.29, 1.82) is 0 Å². The largest absolute Gasteiger partial charge is 0.493 e. The fourth-order valence-corrected chi connectivity index (χ4v) is 3.96. The van der Waals surface area contributed by atoms with Crippen molar-refractivity contribution in [2.24, 2.45) is 5.92 Å². The minimum atomic E-state index is -0.829. The Morgan fingerprint density at radius 2 is 1.86 bits per heavy atom. The molecule has 1 aliphatic rings. The van der Waals surface area contributed by atoms with Crippen LogP contribution in [0.1, 0.15) is 22.3 Å². The molecule has 12 heteroatoms. The smallest absolute Gasteiger partial charge is 0.311 e. The first-order chi connectivity index (χ1) is 16.6. The van der Waals surface area contributed by atoms with E-state index in [1.165, 1.54) is 26.4 Å². The lowest BCUT2D eigenvalue weighted by Gasteiger charge is -2.18. The van der Waals surface area contributed by atoms with Gasteiger partial charge in [0.15, 0.2) is 18.1 Å². The molecule has 3 amide bonds. The third kappa shape index (κ3) is 6.23. The molecule has 10 nitrogen and oxygen atoms in total. The molecule has 2 N–H and O–H groups in total. The number of hydrogen-bond acceptors (Lipinski definition) is 7. The first-order valence-corrected chi connectivity index (χ1v) is 11.6. The highest BCUT2D eigenvalue weighted by atomic mass is 79.9. The molecule has 1 fully saturated rings. The summed E-state index contributed by atoms with van der Waals surface area (Å²) in [5.74, 6) is -2.31. The summed E-state index contributed by atoms with van der Waals surface area (Å²) in [5.41, 5.74) is 3.86. The number of hydrogen-bond donors (Lipinski definition) is 2. The third-order valence-electron chi connectivity index (χ3n) is 5.30. The van der Waals surface area contributed by atoms with Crippen molar-refractivity contribution >= 4 is 56.9 Å². The van der Waals surface area contributed by atoms with Gasteiger partial charge in [0.1, 0.15) is 0 Å². The molecule has 0 radical (unpaired) electrons. The lowest BCUT2D eigenvalue weighted by atomic mass is 10.1. The van der Waals surface area contributed by atoms with E-state index >= 15 is 0 Å². The molecule has 2 aromatic rings. The maximum atomic E-state index is 12.6. The first kappa shape index (κ1) is 26.3. The molecule has 0 saturated carbocycles. The van der Waals surface area contributed by atoms with E-state index in [2.05, 4.69) is 26.7 Å². The number of esters is 1. The number of benzene rings is 2. The number of ether oxygens (including phenoxy) is 3. The first-order valence-electron chi connectivity index (χ1n) is 10.4. The van der Waals surface area contributed by atoms with Crippen LogP contribution in [0.25, 0.3) is 0 Å². The molecule has 1 aliphatic heterocycles. The summed E-state index contributed by atoms with van der Waals surface area (Å²) >= 11 is 9.45. The predicted octanol–water partition coefficient (Wildman–Crippen LogP) is 3.10. The quantitative estimate of drug-likeness (QED) is 0.469. The number of rotatable bonds is 8. The van der Waals surface area contributed by atoms with E-state index in [1.54, 1.807) is 25.1 Å². The Labute approximate surface area is 214 Å². The normalized spacial score (nSPS) is 14.9. The van der Waals surface area contributed by atoms with Crippen molar-refractivity contribution in [2.45, 2.75) is 13.3 Å². The van der Waals surface area contributed by atoms with Gasteiger partial charge in [-0.15, -0.1) is 0 Å². The van der Waals surface area contributed by atoms with Gasteiger partial charge >= 0.3 is 5.97 Å². The summed E-state index contributed by atoms with van der Waals surface area (Å²) in [5, 5.41) is 4.14. The number of halogens is 2. The van der Waals surface area contributed by atoms with E-state index in [9.17, 15) is 19.2 Å². The Bertz CT molecular complexity index is 1170. The number of anilines is 1. The molecule has 0 unspecified atom stereocenters. The summed E-state index contributed by atoms with van der Waals surface area (Å²) in [6, 6.07) is 7.90. The van der Waals surface area contributed by atoms with Crippen LogP contribution >= 0.6 is 27.5 Å². The summed E-state index contributed by atoms with van der Waals surface area (Å²) < 4.78 is 16.1. The Morgan fingerprint density at radius 3 is 2.54 bits per heavy atom. The topological polar surface area (TPSA) is 123 Å². The molecular formula is C23H23BrClN3O7. The number of methoxy groups -OCH3 is 2. The predicted molar refractivity (Wildman–Crippen MR) is 130 cm³/mol. The summed E-state index contributed by atoms with van der Waals surface area (Å²) in [7, 11) is 2.91. The van der Waals surface area contributed by atoms with Gasteiger partial charge in [-0.1, -0.05) is 11.6 Å². The zero-order valence-electron chi connectivity index (χ0n) is 19.1. The van der Waals surface area contributed by atoms with Crippen molar-refractivity contribution < 1.29 is 33.4 Å². The highest BCUT2D eigenvalue weighted by Crippen LogP contribution is 2.31. The van der Waals surface area contributed by atoms with Crippen LogP contribution in [0.4, 0.5) is 5.69 Å². The third-order valence-corrected chi connectivity index (χ3v) is 6.68. The number of carbonyl (C=O) groups excluding carboxylic acids is 4. The number of hydrazine groups is 1. The molecule has 0 spiro atoms. The average molecular weight is 569 g/mol.